The van der Waals surface area contributed by atoms with Crippen molar-refractivity contribution in [3.63, 3.8) is 0 Å². The zero-order valence-electron chi connectivity index (χ0n) is 30.3. The maximum Gasteiger partial charge on any atom is 0.332 e. The Kier molecular flexibility index (Phi) is 14.2. The summed E-state index contributed by atoms with van der Waals surface area (Å²) in [6.07, 6.45) is 15.7. The number of nitrogens with zero attached hydrogens (tertiary/aromatic N) is 4. The highest BCUT2D eigenvalue weighted by Gasteiger charge is 2.46. The fourth-order valence-electron chi connectivity index (χ4n) is 8.00. The van der Waals surface area contributed by atoms with Crippen LogP contribution in [-0.2, 0) is 28.7 Å². The third-order valence-corrected chi connectivity index (χ3v) is 9.63. The van der Waals surface area contributed by atoms with E-state index in [0.717, 1.165) is 64.2 Å². The number of hydrogen-bond acceptors (Lipinski definition) is 8. The molecule has 0 aromatic heterocycles. The summed E-state index contributed by atoms with van der Waals surface area (Å²) < 4.78 is 10.1. The first-order valence-corrected chi connectivity index (χ1v) is 17.1. The number of carbonyl (C=O) groups is 4. The molecule has 0 aromatic rings. The minimum atomic E-state index is -0.347. The SMILES string of the molecule is CCOC(=O)C=CN1C(C)(C)CC(N(C=O)CCCCCCN(C=O)C2CC(C)(C)N(C=CC(=O)OCC)C(C)(C)C2)CC1(C)C. The first-order chi connectivity index (χ1) is 21.4. The van der Waals surface area contributed by atoms with Crippen LogP contribution < -0.4 is 0 Å². The van der Waals surface area contributed by atoms with Gasteiger partial charge in [-0.2, -0.15) is 0 Å². The zero-order valence-corrected chi connectivity index (χ0v) is 30.3. The van der Waals surface area contributed by atoms with E-state index in [0.29, 0.717) is 26.3 Å². The van der Waals surface area contributed by atoms with E-state index in [9.17, 15) is 19.2 Å². The van der Waals surface area contributed by atoms with E-state index < -0.39 is 0 Å². The van der Waals surface area contributed by atoms with Gasteiger partial charge in [0.15, 0.2) is 0 Å². The van der Waals surface area contributed by atoms with Gasteiger partial charge in [0.1, 0.15) is 0 Å². The molecule has 0 aliphatic carbocycles. The number of rotatable bonds is 17. The first-order valence-electron chi connectivity index (χ1n) is 17.1. The topological polar surface area (TPSA) is 99.7 Å². The number of esters is 2. The van der Waals surface area contributed by atoms with Gasteiger partial charge in [0.25, 0.3) is 0 Å². The molecule has 2 heterocycles. The quantitative estimate of drug-likeness (QED) is 0.0864. The van der Waals surface area contributed by atoms with Crippen LogP contribution in [-0.4, -0.2) is 105 Å². The Morgan fingerprint density at radius 1 is 0.609 bits per heavy atom. The molecule has 0 aromatic carbocycles. The number of unbranched alkanes of at least 4 members (excludes halogenated alkanes) is 3. The molecule has 10 heteroatoms. The van der Waals surface area contributed by atoms with Crippen LogP contribution >= 0.6 is 0 Å². The van der Waals surface area contributed by atoms with Crippen LogP contribution in [0.25, 0.3) is 0 Å². The summed E-state index contributed by atoms with van der Waals surface area (Å²) in [5.41, 5.74) is -0.978. The van der Waals surface area contributed by atoms with Crippen LogP contribution in [0.1, 0.15) is 121 Å². The van der Waals surface area contributed by atoms with Crippen LogP contribution in [0.5, 0.6) is 0 Å². The van der Waals surface area contributed by atoms with E-state index in [1.807, 2.05) is 22.2 Å². The predicted octanol–water partition coefficient (Wildman–Crippen LogP) is 5.66. The summed E-state index contributed by atoms with van der Waals surface area (Å²) in [5.74, 6) is -0.694. The second kappa shape index (κ2) is 16.7. The number of carbonyl (C=O) groups excluding carboxylic acids is 4. The third-order valence-electron chi connectivity index (χ3n) is 9.63. The van der Waals surface area contributed by atoms with Crippen LogP contribution in [0.15, 0.2) is 24.6 Å². The maximum atomic E-state index is 12.2. The van der Waals surface area contributed by atoms with Gasteiger partial charge < -0.3 is 29.1 Å². The monoisotopic (exact) mass is 646 g/mol. The van der Waals surface area contributed by atoms with E-state index in [-0.39, 0.29) is 46.2 Å². The Morgan fingerprint density at radius 3 is 1.17 bits per heavy atom. The van der Waals surface area contributed by atoms with Crippen molar-refractivity contribution in [1.82, 2.24) is 19.6 Å². The van der Waals surface area contributed by atoms with Crippen LogP contribution in [0, 0.1) is 0 Å². The van der Waals surface area contributed by atoms with Gasteiger partial charge in [-0.05, 0) is 108 Å². The average molecular weight is 647 g/mol. The van der Waals surface area contributed by atoms with Crippen molar-refractivity contribution in [3.05, 3.63) is 24.6 Å². The highest BCUT2D eigenvalue weighted by Crippen LogP contribution is 2.41. The molecule has 0 saturated carbocycles. The van der Waals surface area contributed by atoms with Gasteiger partial charge in [0.2, 0.25) is 12.8 Å². The van der Waals surface area contributed by atoms with Gasteiger partial charge in [-0.1, -0.05) is 12.8 Å². The normalized spacial score (nSPS) is 20.9. The van der Waals surface area contributed by atoms with Crippen molar-refractivity contribution in [2.24, 2.45) is 0 Å². The van der Waals surface area contributed by atoms with Crippen molar-refractivity contribution < 1.29 is 28.7 Å². The standard InChI is InChI=1S/C36H62N4O6/c1-11-45-31(43)17-21-39-33(3,4)23-29(24-34(39,5)6)37(27-41)19-15-13-14-16-20-38(28-42)30-25-35(7,8)40(36(9,10)26-30)22-18-32(44)46-12-2/h17-18,21-22,27-30H,11-16,19-20,23-26H2,1-10H3. The van der Waals surface area contributed by atoms with Crippen molar-refractivity contribution in [3.8, 4) is 0 Å². The molecular formula is C36H62N4O6. The molecule has 2 rings (SSSR count). The molecule has 0 N–H and O–H groups in total. The van der Waals surface area contributed by atoms with Gasteiger partial charge in [0.05, 0.1) is 13.2 Å². The minimum absolute atomic E-state index is 0.116. The first kappa shape index (κ1) is 39.1. The lowest BCUT2D eigenvalue weighted by Crippen LogP contribution is -2.62. The van der Waals surface area contributed by atoms with Crippen molar-refractivity contribution in [1.29, 1.82) is 0 Å². The van der Waals surface area contributed by atoms with E-state index in [1.54, 1.807) is 13.8 Å². The number of hydrogen-bond donors (Lipinski definition) is 0. The Labute approximate surface area is 278 Å². The summed E-state index contributed by atoms with van der Waals surface area (Å²) >= 11 is 0. The molecular weight excluding hydrogens is 584 g/mol. The third kappa shape index (κ3) is 10.8. The fraction of sp³-hybridized carbons (Fsp3) is 0.778. The largest absolute Gasteiger partial charge is 0.463 e. The molecule has 0 atom stereocenters. The lowest BCUT2D eigenvalue weighted by atomic mass is 9.76. The Morgan fingerprint density at radius 2 is 0.913 bits per heavy atom. The molecule has 2 aliphatic rings. The number of likely N-dealkylation sites (tertiary alicyclic amines) is 2. The lowest BCUT2D eigenvalue weighted by Gasteiger charge is -2.56. The van der Waals surface area contributed by atoms with Gasteiger partial charge in [0, 0.05) is 71.9 Å². The van der Waals surface area contributed by atoms with Gasteiger partial charge in [-0.3, -0.25) is 9.59 Å². The molecule has 2 fully saturated rings. The molecule has 2 saturated heterocycles. The van der Waals surface area contributed by atoms with E-state index in [1.165, 1.54) is 12.2 Å². The average Bonchev–Trinajstić information content (AvgIpc) is 2.92. The highest BCUT2D eigenvalue weighted by molar-refractivity contribution is 5.82. The number of amides is 2. The second-order valence-electron chi connectivity index (χ2n) is 15.4. The summed E-state index contributed by atoms with van der Waals surface area (Å²) in [7, 11) is 0. The van der Waals surface area contributed by atoms with Crippen molar-refractivity contribution in [2.75, 3.05) is 26.3 Å². The zero-order chi connectivity index (χ0) is 34.8. The smallest absolute Gasteiger partial charge is 0.332 e. The summed E-state index contributed by atoms with van der Waals surface area (Å²) in [5, 5.41) is 0. The molecule has 0 spiro atoms. The van der Waals surface area contributed by atoms with E-state index >= 15 is 0 Å². The van der Waals surface area contributed by atoms with Gasteiger partial charge in [-0.15, -0.1) is 0 Å². The van der Waals surface area contributed by atoms with Gasteiger partial charge in [-0.25, -0.2) is 9.59 Å². The number of ether oxygens (including phenoxy) is 2. The molecule has 2 amide bonds. The molecule has 46 heavy (non-hydrogen) atoms. The van der Waals surface area contributed by atoms with Gasteiger partial charge >= 0.3 is 11.9 Å². The summed E-state index contributed by atoms with van der Waals surface area (Å²) in [4.78, 5) is 56.7. The van der Waals surface area contributed by atoms with Crippen LogP contribution in [0.4, 0.5) is 0 Å². The van der Waals surface area contributed by atoms with E-state index in [4.69, 9.17) is 9.47 Å². The van der Waals surface area contributed by atoms with Crippen LogP contribution in [0.3, 0.4) is 0 Å². The highest BCUT2D eigenvalue weighted by atomic mass is 16.5. The van der Waals surface area contributed by atoms with Crippen LogP contribution in [0.2, 0.25) is 0 Å². The number of piperidine rings is 2. The van der Waals surface area contributed by atoms with Crippen molar-refractivity contribution >= 4 is 24.8 Å². The fourth-order valence-corrected chi connectivity index (χ4v) is 8.00. The Balaban J connectivity index is 1.88. The second-order valence-corrected chi connectivity index (χ2v) is 15.4. The van der Waals surface area contributed by atoms with E-state index in [2.05, 4.69) is 65.2 Å². The minimum Gasteiger partial charge on any atom is -0.463 e. The molecule has 262 valence electrons. The maximum absolute atomic E-state index is 12.2. The summed E-state index contributed by atoms with van der Waals surface area (Å²) in [6.45, 7) is 22.9. The molecule has 0 bridgehead atoms. The Hall–Kier alpha value is -3.04. The molecule has 2 aliphatic heterocycles. The molecule has 10 nitrogen and oxygen atoms in total. The molecule has 0 unspecified atom stereocenters. The predicted molar refractivity (Wildman–Crippen MR) is 182 cm³/mol. The lowest BCUT2D eigenvalue weighted by molar-refractivity contribution is -0.138. The van der Waals surface area contributed by atoms with Crippen molar-refractivity contribution in [2.45, 2.75) is 155 Å². The summed E-state index contributed by atoms with van der Waals surface area (Å²) in [6, 6.07) is 0.231. The Bertz CT molecular complexity index is 962. The molecule has 0 radical (unpaired) electrons.